The molecule has 1 saturated carbocycles. The highest BCUT2D eigenvalue weighted by atomic mass is 35.5. The molecule has 1 aromatic carbocycles. The molecule has 1 aliphatic heterocycles. The minimum atomic E-state index is 0. The van der Waals surface area contributed by atoms with Crippen molar-refractivity contribution in [3.8, 4) is 0 Å². The second-order valence-electron chi connectivity index (χ2n) is 6.93. The van der Waals surface area contributed by atoms with Crippen molar-refractivity contribution in [1.29, 1.82) is 0 Å². The van der Waals surface area contributed by atoms with Gasteiger partial charge in [-0.05, 0) is 25.0 Å². The maximum atomic E-state index is 6.15. The zero-order valence-corrected chi connectivity index (χ0v) is 14.8. The molecule has 3 N–H and O–H groups in total. The van der Waals surface area contributed by atoms with Gasteiger partial charge in [-0.25, -0.2) is 9.97 Å². The topological polar surface area (TPSA) is 67.1 Å². The molecule has 5 nitrogen and oxygen atoms in total. The van der Waals surface area contributed by atoms with Crippen molar-refractivity contribution >= 4 is 29.1 Å². The summed E-state index contributed by atoms with van der Waals surface area (Å²) in [6.07, 6.45) is 6.60. The number of nitrogens with one attached hydrogen (secondary N) is 1. The van der Waals surface area contributed by atoms with Crippen LogP contribution in [0.2, 0.25) is 0 Å². The summed E-state index contributed by atoms with van der Waals surface area (Å²) in [5.41, 5.74) is 7.39. The van der Waals surface area contributed by atoms with Crippen molar-refractivity contribution in [2.75, 3.05) is 25.4 Å². The number of hydrogen-bond donors (Lipinski definition) is 2. The monoisotopic (exact) mass is 347 g/mol. The van der Waals surface area contributed by atoms with Gasteiger partial charge in [0.2, 0.25) is 0 Å². The van der Waals surface area contributed by atoms with Gasteiger partial charge in [0.1, 0.15) is 11.6 Å². The molecule has 0 unspecified atom stereocenters. The number of halogens is 1. The quantitative estimate of drug-likeness (QED) is 0.874. The van der Waals surface area contributed by atoms with Crippen LogP contribution in [0.4, 0.5) is 5.82 Å². The first-order valence-corrected chi connectivity index (χ1v) is 8.74. The number of piperazine rings is 1. The minimum Gasteiger partial charge on any atom is -0.383 e. The van der Waals surface area contributed by atoms with E-state index in [4.69, 9.17) is 10.7 Å². The molecule has 0 amide bonds. The number of rotatable bonds is 2. The molecule has 2 fully saturated rings. The van der Waals surface area contributed by atoms with Crippen LogP contribution in [-0.2, 0) is 6.54 Å². The fourth-order valence-corrected chi connectivity index (χ4v) is 4.23. The molecule has 1 aromatic heterocycles. The Labute approximate surface area is 149 Å². The van der Waals surface area contributed by atoms with Gasteiger partial charge in [0, 0.05) is 30.6 Å². The Morgan fingerprint density at radius 1 is 1.12 bits per heavy atom. The maximum absolute atomic E-state index is 6.15. The van der Waals surface area contributed by atoms with Crippen LogP contribution >= 0.6 is 12.4 Å². The number of anilines is 1. The Morgan fingerprint density at radius 3 is 2.75 bits per heavy atom. The fraction of sp³-hybridized carbons (Fsp3) is 0.556. The molecule has 1 saturated heterocycles. The zero-order valence-electron chi connectivity index (χ0n) is 14.0. The van der Waals surface area contributed by atoms with E-state index < -0.39 is 0 Å². The summed E-state index contributed by atoms with van der Waals surface area (Å²) >= 11 is 0. The fourth-order valence-electron chi connectivity index (χ4n) is 4.23. The summed E-state index contributed by atoms with van der Waals surface area (Å²) < 4.78 is 0. The summed E-state index contributed by atoms with van der Waals surface area (Å²) in [5, 5.41) is 4.54. The third kappa shape index (κ3) is 3.21. The summed E-state index contributed by atoms with van der Waals surface area (Å²) in [6, 6.07) is 7.99. The molecular weight excluding hydrogens is 322 g/mol. The lowest BCUT2D eigenvalue weighted by atomic mass is 9.79. The molecule has 2 aromatic rings. The van der Waals surface area contributed by atoms with Gasteiger partial charge >= 0.3 is 0 Å². The summed E-state index contributed by atoms with van der Waals surface area (Å²) in [4.78, 5) is 11.9. The van der Waals surface area contributed by atoms with Gasteiger partial charge in [-0.3, -0.25) is 4.90 Å². The number of para-hydroxylation sites is 1. The van der Waals surface area contributed by atoms with Crippen LogP contribution in [0.15, 0.2) is 24.3 Å². The van der Waals surface area contributed by atoms with Crippen molar-refractivity contribution < 1.29 is 0 Å². The van der Waals surface area contributed by atoms with Gasteiger partial charge in [-0.1, -0.05) is 31.4 Å². The summed E-state index contributed by atoms with van der Waals surface area (Å²) in [7, 11) is 0. The lowest BCUT2D eigenvalue weighted by Crippen LogP contribution is -2.61. The van der Waals surface area contributed by atoms with Gasteiger partial charge in [0.05, 0.1) is 12.1 Å². The van der Waals surface area contributed by atoms with Crippen molar-refractivity contribution in [2.24, 2.45) is 0 Å². The Kier molecular flexibility index (Phi) is 5.23. The molecule has 130 valence electrons. The second-order valence-corrected chi connectivity index (χ2v) is 6.93. The second kappa shape index (κ2) is 7.21. The van der Waals surface area contributed by atoms with Crippen molar-refractivity contribution in [2.45, 2.75) is 44.2 Å². The summed E-state index contributed by atoms with van der Waals surface area (Å²) in [5.74, 6) is 1.45. The van der Waals surface area contributed by atoms with E-state index in [0.29, 0.717) is 11.4 Å². The number of nitrogens with zero attached hydrogens (tertiary/aromatic N) is 3. The van der Waals surface area contributed by atoms with Gasteiger partial charge in [0.25, 0.3) is 0 Å². The van der Waals surface area contributed by atoms with E-state index in [1.807, 2.05) is 24.3 Å². The van der Waals surface area contributed by atoms with E-state index in [2.05, 4.69) is 15.2 Å². The average molecular weight is 348 g/mol. The molecule has 24 heavy (non-hydrogen) atoms. The zero-order chi connectivity index (χ0) is 15.7. The third-order valence-electron chi connectivity index (χ3n) is 5.48. The number of nitrogen functional groups attached to an aromatic ring is 1. The highest BCUT2D eigenvalue weighted by Crippen LogP contribution is 2.35. The number of nitrogens with two attached hydrogens (primary N) is 1. The standard InChI is InChI=1S/C18H25N5.ClH/c19-17-14-6-2-3-7-15(14)21-16(22-17)12-23-11-10-20-13-18(23)8-4-1-5-9-18;/h2-3,6-7,20H,1,4-5,8-13H2,(H2,19,21,22);1H. The SMILES string of the molecule is Cl.Nc1nc(CN2CCNCC23CCCCC3)nc2ccccc12. The molecule has 0 atom stereocenters. The molecule has 6 heteroatoms. The Morgan fingerprint density at radius 2 is 1.92 bits per heavy atom. The van der Waals surface area contributed by atoms with Crippen LogP contribution in [0, 0.1) is 0 Å². The van der Waals surface area contributed by atoms with Crippen LogP contribution in [-0.4, -0.2) is 40.0 Å². The number of fused-ring (bicyclic) bond motifs is 1. The Bertz CT molecular complexity index is 691. The van der Waals surface area contributed by atoms with E-state index >= 15 is 0 Å². The number of benzene rings is 1. The first kappa shape index (κ1) is 17.4. The molecule has 1 aliphatic carbocycles. The van der Waals surface area contributed by atoms with Crippen LogP contribution in [0.1, 0.15) is 37.9 Å². The van der Waals surface area contributed by atoms with E-state index in [1.165, 1.54) is 32.1 Å². The van der Waals surface area contributed by atoms with E-state index in [0.717, 1.165) is 42.9 Å². The largest absolute Gasteiger partial charge is 0.383 e. The Balaban J connectivity index is 0.00000169. The van der Waals surface area contributed by atoms with Crippen LogP contribution in [0.5, 0.6) is 0 Å². The lowest BCUT2D eigenvalue weighted by Gasteiger charge is -2.49. The highest BCUT2D eigenvalue weighted by Gasteiger charge is 2.39. The van der Waals surface area contributed by atoms with Crippen LogP contribution < -0.4 is 11.1 Å². The van der Waals surface area contributed by atoms with Gasteiger partial charge in [-0.15, -0.1) is 12.4 Å². The maximum Gasteiger partial charge on any atom is 0.145 e. The third-order valence-corrected chi connectivity index (χ3v) is 5.48. The predicted molar refractivity (Wildman–Crippen MR) is 100 cm³/mol. The Hall–Kier alpha value is -1.43. The first-order chi connectivity index (χ1) is 11.3. The molecule has 0 bridgehead atoms. The van der Waals surface area contributed by atoms with Crippen LogP contribution in [0.3, 0.4) is 0 Å². The molecular formula is C18H26ClN5. The van der Waals surface area contributed by atoms with E-state index in [-0.39, 0.29) is 12.4 Å². The van der Waals surface area contributed by atoms with E-state index in [9.17, 15) is 0 Å². The van der Waals surface area contributed by atoms with Crippen molar-refractivity contribution in [3.05, 3.63) is 30.1 Å². The highest BCUT2D eigenvalue weighted by molar-refractivity contribution is 5.87. The molecule has 1 spiro atoms. The molecule has 2 heterocycles. The van der Waals surface area contributed by atoms with Gasteiger partial charge < -0.3 is 11.1 Å². The summed E-state index contributed by atoms with van der Waals surface area (Å²) in [6.45, 7) is 4.01. The van der Waals surface area contributed by atoms with Gasteiger partial charge in [-0.2, -0.15) is 0 Å². The average Bonchev–Trinajstić information content (AvgIpc) is 2.58. The molecule has 2 aliphatic rings. The minimum absolute atomic E-state index is 0. The van der Waals surface area contributed by atoms with Crippen LogP contribution in [0.25, 0.3) is 10.9 Å². The number of aromatic nitrogens is 2. The smallest absolute Gasteiger partial charge is 0.145 e. The van der Waals surface area contributed by atoms with Crippen molar-refractivity contribution in [3.63, 3.8) is 0 Å². The lowest BCUT2D eigenvalue weighted by molar-refractivity contribution is 0.0190. The number of hydrogen-bond acceptors (Lipinski definition) is 5. The van der Waals surface area contributed by atoms with E-state index in [1.54, 1.807) is 0 Å². The molecule has 0 radical (unpaired) electrons. The van der Waals surface area contributed by atoms with Gasteiger partial charge in [0.15, 0.2) is 0 Å². The first-order valence-electron chi connectivity index (χ1n) is 8.74. The normalized spacial score (nSPS) is 20.8. The predicted octanol–water partition coefficient (Wildman–Crippen LogP) is 2.74. The molecule has 4 rings (SSSR count). The van der Waals surface area contributed by atoms with Crippen molar-refractivity contribution in [1.82, 2.24) is 20.2 Å².